The fourth-order valence-corrected chi connectivity index (χ4v) is 6.94. The normalized spacial score (nSPS) is 18.1. The van der Waals surface area contributed by atoms with Gasteiger partial charge >= 0.3 is 18.0 Å². The first-order chi connectivity index (χ1) is 28.4. The fourth-order valence-electron chi connectivity index (χ4n) is 6.78. The molecule has 2 aromatic rings. The number of alkyl halides is 3. The lowest BCUT2D eigenvalue weighted by Gasteiger charge is -2.39. The van der Waals surface area contributed by atoms with E-state index in [1.165, 1.54) is 16.9 Å². The molecule has 3 N–H and O–H groups in total. The van der Waals surface area contributed by atoms with E-state index in [1.807, 2.05) is 38.1 Å². The SMILES string of the molecule is CC(C)C(=O)N1CCC(/C=C/c2ccc3ccc(N(C)NC(=O)OC(C)(C)C)nc3c2)(C(=O)O[C@H](C(=O)N[C@@H](C)C(=O)N2CCC[C@@H](C(=O)OCC(Cl)(Cl)Cl)N2)C(C)C)CC1. The zero-order chi connectivity index (χ0) is 45.4. The third kappa shape index (κ3) is 14.1. The average molecular weight is 911 g/mol. The number of amides is 4. The van der Waals surface area contributed by atoms with Gasteiger partial charge in [-0.2, -0.15) is 0 Å². The summed E-state index contributed by atoms with van der Waals surface area (Å²) in [7, 11) is 1.65. The number of likely N-dealkylation sites (tertiary alicyclic amines) is 1. The van der Waals surface area contributed by atoms with E-state index >= 15 is 0 Å². The van der Waals surface area contributed by atoms with E-state index in [-0.39, 0.29) is 31.2 Å². The van der Waals surface area contributed by atoms with Crippen LogP contribution in [0.25, 0.3) is 17.0 Å². The molecule has 3 heterocycles. The number of carbonyl (C=O) groups is 6. The van der Waals surface area contributed by atoms with Gasteiger partial charge in [0, 0.05) is 38.0 Å². The number of pyridine rings is 1. The van der Waals surface area contributed by atoms with E-state index in [0.717, 1.165) is 10.9 Å². The summed E-state index contributed by atoms with van der Waals surface area (Å²) in [6.45, 7) is 14.3. The Labute approximate surface area is 372 Å². The number of hydrogen-bond acceptors (Lipinski definition) is 12. The monoisotopic (exact) mass is 909 g/mol. The molecule has 19 heteroatoms. The summed E-state index contributed by atoms with van der Waals surface area (Å²) >= 11 is 17.1. The van der Waals surface area contributed by atoms with Crippen molar-refractivity contribution < 1.29 is 43.0 Å². The van der Waals surface area contributed by atoms with Gasteiger partial charge in [0.1, 0.15) is 30.1 Å². The highest BCUT2D eigenvalue weighted by molar-refractivity contribution is 6.67. The van der Waals surface area contributed by atoms with E-state index in [2.05, 4.69) is 16.2 Å². The largest absolute Gasteiger partial charge is 0.460 e. The molecule has 1 aromatic carbocycles. The minimum Gasteiger partial charge on any atom is -0.460 e. The standard InChI is InChI=1S/C42H58Cl3N7O9/c1-25(2)33(34(53)46-27(5)36(55)52-20-10-11-30(48-52)37(56)59-24-42(43,44)45)60-38(57)41(18-21-51(22-19-41)35(54)26(3)4)17-16-28-12-13-29-14-15-32(47-31(29)23-28)50(9)49-39(58)61-40(6,7)8/h12-17,23,25-27,30,33,48H,10-11,18-22,24H2,1-9H3,(H,46,53)(H,49,58)/b17-16+/t27-,30-,33-/m0/s1. The van der Waals surface area contributed by atoms with Gasteiger partial charge in [-0.3, -0.25) is 34.0 Å². The Balaban J connectivity index is 1.52. The number of carbonyl (C=O) groups excluding carboxylic acids is 6. The molecule has 3 atom stereocenters. The highest BCUT2D eigenvalue weighted by Crippen LogP contribution is 2.37. The van der Waals surface area contributed by atoms with Gasteiger partial charge in [-0.25, -0.2) is 20.6 Å². The molecule has 0 unspecified atom stereocenters. The maximum Gasteiger partial charge on any atom is 0.426 e. The van der Waals surface area contributed by atoms with Crippen molar-refractivity contribution in [1.29, 1.82) is 0 Å². The second-order valence-electron chi connectivity index (χ2n) is 17.1. The average Bonchev–Trinajstić information content (AvgIpc) is 3.19. The summed E-state index contributed by atoms with van der Waals surface area (Å²) in [4.78, 5) is 86.0. The number of benzene rings is 1. The molecule has 2 aliphatic rings. The number of hydrazine groups is 2. The maximum atomic E-state index is 14.4. The van der Waals surface area contributed by atoms with Crippen LogP contribution in [-0.4, -0.2) is 112 Å². The first kappa shape index (κ1) is 49.3. The van der Waals surface area contributed by atoms with Crippen LogP contribution in [0.15, 0.2) is 36.4 Å². The van der Waals surface area contributed by atoms with Crippen molar-refractivity contribution in [3.63, 3.8) is 0 Å². The summed E-state index contributed by atoms with van der Waals surface area (Å²) in [5, 5.41) is 6.22. The molecule has 336 valence electrons. The van der Waals surface area contributed by atoms with Crippen LogP contribution in [0.4, 0.5) is 10.6 Å². The van der Waals surface area contributed by atoms with Crippen molar-refractivity contribution in [2.75, 3.05) is 38.3 Å². The van der Waals surface area contributed by atoms with E-state index in [9.17, 15) is 28.8 Å². The Bertz CT molecular complexity index is 1960. The fraction of sp³-hybridized carbons (Fsp3) is 0.595. The van der Waals surface area contributed by atoms with E-state index in [4.69, 9.17) is 54.0 Å². The van der Waals surface area contributed by atoms with Gasteiger partial charge in [-0.05, 0) is 83.1 Å². The predicted octanol–water partition coefficient (Wildman–Crippen LogP) is 5.87. The molecular weight excluding hydrogens is 853 g/mol. The molecule has 2 saturated heterocycles. The number of esters is 2. The quantitative estimate of drug-likeness (QED) is 0.0941. The lowest BCUT2D eigenvalue weighted by atomic mass is 9.77. The van der Waals surface area contributed by atoms with Crippen molar-refractivity contribution in [3.8, 4) is 0 Å². The topological polar surface area (TPSA) is 189 Å². The van der Waals surface area contributed by atoms with Crippen molar-refractivity contribution >= 4 is 93.4 Å². The zero-order valence-electron chi connectivity index (χ0n) is 36.2. The molecule has 1 aromatic heterocycles. The van der Waals surface area contributed by atoms with Crippen LogP contribution >= 0.6 is 34.8 Å². The highest BCUT2D eigenvalue weighted by atomic mass is 35.6. The molecule has 16 nitrogen and oxygen atoms in total. The van der Waals surface area contributed by atoms with Crippen LogP contribution in [-0.2, 0) is 38.2 Å². The number of halogens is 3. The summed E-state index contributed by atoms with van der Waals surface area (Å²) in [5.41, 5.74) is 4.95. The minimum atomic E-state index is -1.79. The Morgan fingerprint density at radius 2 is 1.64 bits per heavy atom. The molecule has 0 radical (unpaired) electrons. The first-order valence-electron chi connectivity index (χ1n) is 20.3. The minimum absolute atomic E-state index is 0.0271. The molecular formula is C42H58Cl3N7O9. The maximum absolute atomic E-state index is 14.4. The van der Waals surface area contributed by atoms with Crippen LogP contribution in [0.3, 0.4) is 0 Å². The molecule has 0 spiro atoms. The number of rotatable bonds is 13. The third-order valence-corrected chi connectivity index (χ3v) is 10.4. The zero-order valence-corrected chi connectivity index (χ0v) is 38.4. The second kappa shape index (κ2) is 20.7. The van der Waals surface area contributed by atoms with Crippen molar-refractivity contribution in [3.05, 3.63) is 42.0 Å². The number of piperidine rings is 1. The molecule has 0 aliphatic carbocycles. The van der Waals surface area contributed by atoms with Crippen molar-refractivity contribution in [2.24, 2.45) is 17.3 Å². The van der Waals surface area contributed by atoms with Crippen LogP contribution < -0.4 is 21.2 Å². The lowest BCUT2D eigenvalue weighted by Crippen LogP contribution is -2.60. The molecule has 0 bridgehead atoms. The van der Waals surface area contributed by atoms with E-state index < -0.39 is 75.4 Å². The molecule has 4 amide bonds. The van der Waals surface area contributed by atoms with Crippen molar-refractivity contribution in [2.45, 2.75) is 109 Å². The number of fused-ring (bicyclic) bond motifs is 1. The number of hydrogen-bond donors (Lipinski definition) is 3. The van der Waals surface area contributed by atoms with Gasteiger partial charge in [0.15, 0.2) is 6.10 Å². The summed E-state index contributed by atoms with van der Waals surface area (Å²) in [6, 6.07) is 7.32. The predicted molar refractivity (Wildman–Crippen MR) is 233 cm³/mol. The summed E-state index contributed by atoms with van der Waals surface area (Å²) < 4.78 is 14.7. The van der Waals surface area contributed by atoms with Crippen molar-refractivity contribution in [1.82, 2.24) is 31.1 Å². The Kier molecular flexibility index (Phi) is 16.7. The van der Waals surface area contributed by atoms with Gasteiger partial charge in [0.25, 0.3) is 11.8 Å². The number of nitrogens with one attached hydrogen (secondary N) is 3. The van der Waals surface area contributed by atoms with Gasteiger partial charge in [0.05, 0.1) is 10.9 Å². The van der Waals surface area contributed by atoms with Gasteiger partial charge in [0.2, 0.25) is 9.70 Å². The number of ether oxygens (including phenoxy) is 3. The molecule has 2 aliphatic heterocycles. The lowest BCUT2D eigenvalue weighted by molar-refractivity contribution is -0.169. The van der Waals surface area contributed by atoms with Gasteiger partial charge in [-0.1, -0.05) is 86.8 Å². The second-order valence-corrected chi connectivity index (χ2v) is 19.6. The Hall–Kier alpha value is -4.38. The molecule has 2 fully saturated rings. The molecule has 61 heavy (non-hydrogen) atoms. The van der Waals surface area contributed by atoms with E-state index in [1.54, 1.807) is 64.8 Å². The number of aromatic nitrogens is 1. The number of anilines is 1. The smallest absolute Gasteiger partial charge is 0.426 e. The summed E-state index contributed by atoms with van der Waals surface area (Å²) in [6.07, 6.45) is 3.00. The van der Waals surface area contributed by atoms with Crippen LogP contribution in [0, 0.1) is 17.3 Å². The Morgan fingerprint density at radius 1 is 0.984 bits per heavy atom. The highest BCUT2D eigenvalue weighted by Gasteiger charge is 2.44. The van der Waals surface area contributed by atoms with E-state index in [0.29, 0.717) is 37.3 Å². The van der Waals surface area contributed by atoms with Crippen LogP contribution in [0.2, 0.25) is 0 Å². The van der Waals surface area contributed by atoms with Crippen LogP contribution in [0.5, 0.6) is 0 Å². The van der Waals surface area contributed by atoms with Gasteiger partial charge in [-0.15, -0.1) is 0 Å². The summed E-state index contributed by atoms with van der Waals surface area (Å²) in [5.74, 6) is -2.80. The molecule has 0 saturated carbocycles. The third-order valence-electron chi connectivity index (χ3n) is 10.1. The number of nitrogens with zero attached hydrogens (tertiary/aromatic N) is 4. The first-order valence-corrected chi connectivity index (χ1v) is 21.5. The Morgan fingerprint density at radius 3 is 2.25 bits per heavy atom. The van der Waals surface area contributed by atoms with Gasteiger partial charge < -0.3 is 24.4 Å². The molecule has 4 rings (SSSR count). The van der Waals surface area contributed by atoms with Crippen LogP contribution in [0.1, 0.15) is 86.6 Å².